The van der Waals surface area contributed by atoms with Crippen molar-refractivity contribution in [2.75, 3.05) is 35.7 Å². The van der Waals surface area contributed by atoms with E-state index in [1.54, 1.807) is 41.4 Å². The molecule has 1 aliphatic rings. The first-order valence-electron chi connectivity index (χ1n) is 8.42. The second-order valence-corrected chi connectivity index (χ2v) is 7.66. The monoisotopic (exact) mass is 380 g/mol. The fourth-order valence-electron chi connectivity index (χ4n) is 2.14. The van der Waals surface area contributed by atoms with Crippen molar-refractivity contribution in [1.29, 1.82) is 0 Å². The second kappa shape index (κ2) is 11.1. The zero-order valence-electron chi connectivity index (χ0n) is 14.4. The van der Waals surface area contributed by atoms with Gasteiger partial charge in [0.05, 0.1) is 6.61 Å². The van der Waals surface area contributed by atoms with E-state index in [1.165, 1.54) is 6.42 Å². The third-order valence-electron chi connectivity index (χ3n) is 3.36. The van der Waals surface area contributed by atoms with Crippen LogP contribution in [0.25, 0.3) is 0 Å². The highest BCUT2D eigenvalue weighted by Gasteiger charge is 2.15. The fourth-order valence-corrected chi connectivity index (χ4v) is 3.61. The van der Waals surface area contributed by atoms with Gasteiger partial charge in [-0.2, -0.15) is 11.8 Å². The van der Waals surface area contributed by atoms with Crippen LogP contribution in [0, 0.1) is 0 Å². The third kappa shape index (κ3) is 7.04. The van der Waals surface area contributed by atoms with Gasteiger partial charge in [0.1, 0.15) is 0 Å². The number of ether oxygens (including phenoxy) is 1. The van der Waals surface area contributed by atoms with Crippen LogP contribution in [0.15, 0.2) is 35.4 Å². The van der Waals surface area contributed by atoms with Crippen LogP contribution in [0.5, 0.6) is 0 Å². The Labute approximate surface area is 157 Å². The molecule has 136 valence electrons. The number of carbonyl (C=O) groups excluding carboxylic acids is 2. The largest absolute Gasteiger partial charge is 0.487 e. The first kappa shape index (κ1) is 19.7. The standard InChI is InChI=1S/C18H24N2O3S2/c1-2-9-24-10-4-7-19-17(21)14-5-3-6-15(12-14)20-18(22)16-13-25-11-8-23-16/h3,5-6,12-13H,2,4,7-11H2,1H3,(H,19,21)(H,20,22). The molecule has 0 aliphatic carbocycles. The van der Waals surface area contributed by atoms with Crippen LogP contribution in [0.3, 0.4) is 0 Å². The summed E-state index contributed by atoms with van der Waals surface area (Å²) < 4.78 is 5.33. The average Bonchev–Trinajstić information content (AvgIpc) is 2.65. The molecular weight excluding hydrogens is 356 g/mol. The Morgan fingerprint density at radius 2 is 2.16 bits per heavy atom. The predicted molar refractivity (Wildman–Crippen MR) is 106 cm³/mol. The van der Waals surface area contributed by atoms with Gasteiger partial charge in [0, 0.05) is 29.0 Å². The molecule has 0 saturated heterocycles. The second-order valence-electron chi connectivity index (χ2n) is 5.46. The predicted octanol–water partition coefficient (Wildman–Crippen LogP) is 3.49. The molecule has 25 heavy (non-hydrogen) atoms. The van der Waals surface area contributed by atoms with E-state index < -0.39 is 0 Å². The molecule has 0 saturated carbocycles. The minimum Gasteiger partial charge on any atom is -0.487 e. The number of amides is 2. The highest BCUT2D eigenvalue weighted by atomic mass is 32.2. The topological polar surface area (TPSA) is 67.4 Å². The molecule has 0 unspecified atom stereocenters. The van der Waals surface area contributed by atoms with E-state index in [1.807, 2.05) is 11.8 Å². The summed E-state index contributed by atoms with van der Waals surface area (Å²) in [5.41, 5.74) is 1.11. The zero-order valence-corrected chi connectivity index (χ0v) is 16.0. The highest BCUT2D eigenvalue weighted by molar-refractivity contribution is 8.02. The number of hydrogen-bond donors (Lipinski definition) is 2. The Morgan fingerprint density at radius 3 is 2.92 bits per heavy atom. The average molecular weight is 381 g/mol. The molecule has 0 bridgehead atoms. The van der Waals surface area contributed by atoms with E-state index in [4.69, 9.17) is 4.74 Å². The maximum absolute atomic E-state index is 12.2. The minimum absolute atomic E-state index is 0.125. The molecule has 0 fully saturated rings. The highest BCUT2D eigenvalue weighted by Crippen LogP contribution is 2.18. The molecule has 2 amide bonds. The molecule has 1 heterocycles. The van der Waals surface area contributed by atoms with Gasteiger partial charge in [-0.25, -0.2) is 0 Å². The Morgan fingerprint density at radius 1 is 1.28 bits per heavy atom. The van der Waals surface area contributed by atoms with E-state index in [9.17, 15) is 9.59 Å². The van der Waals surface area contributed by atoms with Crippen LogP contribution >= 0.6 is 23.5 Å². The van der Waals surface area contributed by atoms with Crippen LogP contribution in [0.2, 0.25) is 0 Å². The van der Waals surface area contributed by atoms with E-state index in [0.29, 0.717) is 30.2 Å². The van der Waals surface area contributed by atoms with Gasteiger partial charge >= 0.3 is 0 Å². The van der Waals surface area contributed by atoms with Crippen molar-refractivity contribution in [2.45, 2.75) is 19.8 Å². The Kier molecular flexibility index (Phi) is 8.76. The van der Waals surface area contributed by atoms with Gasteiger partial charge < -0.3 is 15.4 Å². The summed E-state index contributed by atoms with van der Waals surface area (Å²) >= 11 is 3.46. The van der Waals surface area contributed by atoms with Crippen molar-refractivity contribution in [1.82, 2.24) is 5.32 Å². The molecule has 7 heteroatoms. The fraction of sp³-hybridized carbons (Fsp3) is 0.444. The number of nitrogens with one attached hydrogen (secondary N) is 2. The number of rotatable bonds is 9. The quantitative estimate of drug-likeness (QED) is 0.642. The van der Waals surface area contributed by atoms with Crippen molar-refractivity contribution in [3.8, 4) is 0 Å². The summed E-state index contributed by atoms with van der Waals surface area (Å²) in [4.78, 5) is 24.3. The van der Waals surface area contributed by atoms with Crippen molar-refractivity contribution < 1.29 is 14.3 Å². The molecule has 1 aliphatic heterocycles. The molecule has 2 N–H and O–H groups in total. The molecule has 0 aromatic heterocycles. The van der Waals surface area contributed by atoms with Gasteiger partial charge in [0.25, 0.3) is 11.8 Å². The normalized spacial score (nSPS) is 13.6. The first-order chi connectivity index (χ1) is 12.2. The SMILES string of the molecule is CCCSCCCNC(=O)c1cccc(NC(=O)C2=CSCCO2)c1. The molecular formula is C18H24N2O3S2. The van der Waals surface area contributed by atoms with Crippen LogP contribution < -0.4 is 10.6 Å². The molecule has 0 radical (unpaired) electrons. The summed E-state index contributed by atoms with van der Waals surface area (Å²) in [7, 11) is 0. The summed E-state index contributed by atoms with van der Waals surface area (Å²) in [5, 5.41) is 7.40. The third-order valence-corrected chi connectivity index (χ3v) is 5.41. The Balaban J connectivity index is 1.82. The van der Waals surface area contributed by atoms with E-state index in [0.717, 1.165) is 23.7 Å². The lowest BCUT2D eigenvalue weighted by Crippen LogP contribution is -2.25. The van der Waals surface area contributed by atoms with Crippen LogP contribution in [0.1, 0.15) is 30.1 Å². The van der Waals surface area contributed by atoms with Gasteiger partial charge in [0.15, 0.2) is 5.76 Å². The van der Waals surface area contributed by atoms with Crippen molar-refractivity contribution in [3.05, 3.63) is 41.0 Å². The van der Waals surface area contributed by atoms with E-state index >= 15 is 0 Å². The van der Waals surface area contributed by atoms with Crippen LogP contribution in [0.4, 0.5) is 5.69 Å². The number of benzene rings is 1. The lowest BCUT2D eigenvalue weighted by molar-refractivity contribution is -0.116. The molecule has 1 aromatic carbocycles. The summed E-state index contributed by atoms with van der Waals surface area (Å²) in [5.74, 6) is 2.96. The van der Waals surface area contributed by atoms with Gasteiger partial charge in [-0.15, -0.1) is 11.8 Å². The minimum atomic E-state index is -0.294. The zero-order chi connectivity index (χ0) is 17.9. The van der Waals surface area contributed by atoms with Crippen molar-refractivity contribution in [3.63, 3.8) is 0 Å². The molecule has 1 aromatic rings. The van der Waals surface area contributed by atoms with E-state index in [2.05, 4.69) is 17.6 Å². The van der Waals surface area contributed by atoms with Gasteiger partial charge in [-0.05, 0) is 42.5 Å². The van der Waals surface area contributed by atoms with Gasteiger partial charge in [-0.1, -0.05) is 13.0 Å². The van der Waals surface area contributed by atoms with Crippen LogP contribution in [-0.2, 0) is 9.53 Å². The maximum atomic E-state index is 12.2. The molecule has 5 nitrogen and oxygen atoms in total. The number of carbonyl (C=O) groups is 2. The van der Waals surface area contributed by atoms with Crippen LogP contribution in [-0.4, -0.2) is 42.2 Å². The Hall–Kier alpha value is -1.60. The van der Waals surface area contributed by atoms with Gasteiger partial charge in [-0.3, -0.25) is 9.59 Å². The lowest BCUT2D eigenvalue weighted by atomic mass is 10.2. The lowest BCUT2D eigenvalue weighted by Gasteiger charge is -2.14. The molecule has 0 spiro atoms. The number of thioether (sulfide) groups is 2. The summed E-state index contributed by atoms with van der Waals surface area (Å²) in [6, 6.07) is 6.93. The summed E-state index contributed by atoms with van der Waals surface area (Å²) in [6.07, 6.45) is 2.13. The van der Waals surface area contributed by atoms with Gasteiger partial charge in [0.2, 0.25) is 0 Å². The maximum Gasteiger partial charge on any atom is 0.291 e. The first-order valence-corrected chi connectivity index (χ1v) is 10.6. The molecule has 0 atom stereocenters. The summed E-state index contributed by atoms with van der Waals surface area (Å²) in [6.45, 7) is 3.35. The molecule has 2 rings (SSSR count). The van der Waals surface area contributed by atoms with Crippen molar-refractivity contribution in [2.24, 2.45) is 0 Å². The number of hydrogen-bond acceptors (Lipinski definition) is 5. The number of anilines is 1. The smallest absolute Gasteiger partial charge is 0.291 e. The van der Waals surface area contributed by atoms with E-state index in [-0.39, 0.29) is 11.8 Å². The Bertz CT molecular complexity index is 620. The van der Waals surface area contributed by atoms with Crippen molar-refractivity contribution >= 4 is 41.0 Å².